The molecule has 0 aliphatic heterocycles. The molecule has 10 N–H and O–H groups in total. The molecule has 0 aromatic heterocycles. The lowest BCUT2D eigenvalue weighted by molar-refractivity contribution is 0.0693. The monoisotopic (exact) mass is 320 g/mol. The summed E-state index contributed by atoms with van der Waals surface area (Å²) < 4.78 is 0. The first-order chi connectivity index (χ1) is 10.8. The highest BCUT2D eigenvalue weighted by molar-refractivity contribution is 5.96. The molecule has 0 unspecified atom stereocenters. The van der Waals surface area contributed by atoms with Gasteiger partial charge in [0.2, 0.25) is 0 Å². The zero-order chi connectivity index (χ0) is 17.6. The molecule has 0 atom stereocenters. The first-order valence-corrected chi connectivity index (χ1v) is 6.17. The molecule has 2 aromatic rings. The molecule has 122 valence electrons. The van der Waals surface area contributed by atoms with E-state index < -0.39 is 11.9 Å². The number of hydrazine groups is 1. The first kappa shape index (κ1) is 17.6. The molecular formula is C14H16N4O5. The third kappa shape index (κ3) is 4.79. The molecule has 0 radical (unpaired) electrons. The maximum atomic E-state index is 10.9. The lowest BCUT2D eigenvalue weighted by Gasteiger charge is -2.02. The zero-order valence-electron chi connectivity index (χ0n) is 11.9. The summed E-state index contributed by atoms with van der Waals surface area (Å²) in [6, 6.07) is 8.06. The van der Waals surface area contributed by atoms with E-state index in [1.54, 1.807) is 0 Å². The molecule has 1 amide bonds. The number of anilines is 2. The van der Waals surface area contributed by atoms with Gasteiger partial charge in [-0.2, -0.15) is 0 Å². The van der Waals surface area contributed by atoms with Crippen molar-refractivity contribution in [3.05, 3.63) is 47.5 Å². The highest BCUT2D eigenvalue weighted by atomic mass is 16.4. The molecule has 0 aliphatic carbocycles. The number of nitrogens with one attached hydrogen (secondary N) is 1. The van der Waals surface area contributed by atoms with Crippen molar-refractivity contribution in [2.24, 2.45) is 5.84 Å². The number of rotatable bonds is 2. The Kier molecular flexibility index (Phi) is 5.75. The molecule has 9 heteroatoms. The predicted molar refractivity (Wildman–Crippen MR) is 83.7 cm³/mol. The number of aromatic carboxylic acids is 1. The summed E-state index contributed by atoms with van der Waals surface area (Å²) in [6.07, 6.45) is 0. The number of benzene rings is 2. The molecule has 9 nitrogen and oxygen atoms in total. The van der Waals surface area contributed by atoms with Crippen molar-refractivity contribution in [2.75, 3.05) is 11.5 Å². The molecule has 0 heterocycles. The summed E-state index contributed by atoms with van der Waals surface area (Å²) in [5, 5.41) is 26.7. The van der Waals surface area contributed by atoms with E-state index in [4.69, 9.17) is 27.5 Å². The van der Waals surface area contributed by atoms with E-state index in [-0.39, 0.29) is 22.6 Å². The van der Waals surface area contributed by atoms with Gasteiger partial charge in [-0.15, -0.1) is 0 Å². The first-order valence-electron chi connectivity index (χ1n) is 6.17. The molecule has 23 heavy (non-hydrogen) atoms. The maximum absolute atomic E-state index is 10.9. The third-order valence-corrected chi connectivity index (χ3v) is 2.65. The third-order valence-electron chi connectivity index (χ3n) is 2.65. The Balaban J connectivity index is 0.000000231. The molecule has 0 spiro atoms. The number of nitrogens with two attached hydrogens (primary N) is 3. The van der Waals surface area contributed by atoms with Crippen LogP contribution in [0.15, 0.2) is 36.4 Å². The summed E-state index contributed by atoms with van der Waals surface area (Å²) in [5.41, 5.74) is 13.2. The molecule has 0 bridgehead atoms. The SMILES string of the molecule is NNC(=O)c1ccc(N)cc1O.Nc1ccc(C(=O)O)c(O)c1. The molecule has 2 aromatic carbocycles. The lowest BCUT2D eigenvalue weighted by Crippen LogP contribution is -2.29. The van der Waals surface area contributed by atoms with E-state index in [0.29, 0.717) is 11.4 Å². The van der Waals surface area contributed by atoms with Gasteiger partial charge in [0, 0.05) is 23.5 Å². The minimum atomic E-state index is -1.16. The summed E-state index contributed by atoms with van der Waals surface area (Å²) in [6.45, 7) is 0. The topological polar surface area (TPSA) is 185 Å². The van der Waals surface area contributed by atoms with Gasteiger partial charge in [0.05, 0.1) is 5.56 Å². The van der Waals surface area contributed by atoms with Gasteiger partial charge in [-0.05, 0) is 24.3 Å². The number of carboxylic acids is 1. The second-order valence-corrected chi connectivity index (χ2v) is 4.33. The number of carboxylic acid groups (broad SMARTS) is 1. The van der Waals surface area contributed by atoms with Crippen LogP contribution in [-0.2, 0) is 0 Å². The minimum Gasteiger partial charge on any atom is -0.507 e. The standard InChI is InChI=1S/C7H9N3O2.C7H7NO3/c8-4-1-2-5(6(11)3-4)7(12)10-9;8-4-1-2-5(7(10)11)6(9)3-4/h1-3,11H,8-9H2,(H,10,12);1-3,9H,8H2,(H,10,11). The van der Waals surface area contributed by atoms with Crippen molar-refractivity contribution < 1.29 is 24.9 Å². The van der Waals surface area contributed by atoms with Gasteiger partial charge in [-0.25, -0.2) is 10.6 Å². The Morgan fingerprint density at radius 3 is 1.65 bits per heavy atom. The number of aromatic hydroxyl groups is 2. The van der Waals surface area contributed by atoms with Gasteiger partial charge in [0.15, 0.2) is 0 Å². The molecule has 0 saturated heterocycles. The van der Waals surface area contributed by atoms with Crippen molar-refractivity contribution in [1.82, 2.24) is 5.43 Å². The van der Waals surface area contributed by atoms with Crippen molar-refractivity contribution in [1.29, 1.82) is 0 Å². The van der Waals surface area contributed by atoms with Gasteiger partial charge in [0.25, 0.3) is 5.91 Å². The van der Waals surface area contributed by atoms with E-state index in [1.807, 2.05) is 5.43 Å². The van der Waals surface area contributed by atoms with Crippen molar-refractivity contribution in [3.63, 3.8) is 0 Å². The Labute approximate surface area is 130 Å². The number of carbonyl (C=O) groups is 2. The molecular weight excluding hydrogens is 304 g/mol. The fourth-order valence-electron chi connectivity index (χ4n) is 1.55. The number of hydrogen-bond donors (Lipinski definition) is 7. The van der Waals surface area contributed by atoms with Crippen molar-refractivity contribution in [3.8, 4) is 11.5 Å². The molecule has 0 saturated carbocycles. The quantitative estimate of drug-likeness (QED) is 0.177. The van der Waals surface area contributed by atoms with E-state index in [9.17, 15) is 14.7 Å². The van der Waals surface area contributed by atoms with Crippen LogP contribution in [0, 0.1) is 0 Å². The van der Waals surface area contributed by atoms with E-state index in [2.05, 4.69) is 0 Å². The van der Waals surface area contributed by atoms with Gasteiger partial charge in [-0.3, -0.25) is 10.2 Å². The smallest absolute Gasteiger partial charge is 0.339 e. The molecule has 0 fully saturated rings. The Morgan fingerprint density at radius 2 is 1.30 bits per heavy atom. The van der Waals surface area contributed by atoms with Crippen molar-refractivity contribution in [2.45, 2.75) is 0 Å². The highest BCUT2D eigenvalue weighted by Crippen LogP contribution is 2.20. The number of carbonyl (C=O) groups excluding carboxylic acids is 1. The summed E-state index contributed by atoms with van der Waals surface area (Å²) in [4.78, 5) is 21.2. The van der Waals surface area contributed by atoms with E-state index in [0.717, 1.165) is 0 Å². The summed E-state index contributed by atoms with van der Waals surface area (Å²) >= 11 is 0. The van der Waals surface area contributed by atoms with Crippen LogP contribution in [0.4, 0.5) is 11.4 Å². The minimum absolute atomic E-state index is 0.103. The second-order valence-electron chi connectivity index (χ2n) is 4.33. The van der Waals surface area contributed by atoms with E-state index >= 15 is 0 Å². The number of nitrogen functional groups attached to an aromatic ring is 3. The van der Waals surface area contributed by atoms with E-state index in [1.165, 1.54) is 36.4 Å². The van der Waals surface area contributed by atoms with Gasteiger partial charge in [0.1, 0.15) is 17.1 Å². The van der Waals surface area contributed by atoms with Crippen LogP contribution in [0.2, 0.25) is 0 Å². The van der Waals surface area contributed by atoms with Crippen LogP contribution in [0.1, 0.15) is 20.7 Å². The normalized spacial score (nSPS) is 9.43. The number of phenols is 2. The van der Waals surface area contributed by atoms with Crippen LogP contribution >= 0.6 is 0 Å². The van der Waals surface area contributed by atoms with Crippen LogP contribution in [0.25, 0.3) is 0 Å². The Hall–Kier alpha value is -3.46. The van der Waals surface area contributed by atoms with Crippen molar-refractivity contribution >= 4 is 23.3 Å². The number of hydrogen-bond acceptors (Lipinski definition) is 7. The fraction of sp³-hybridized carbons (Fsp3) is 0. The van der Waals surface area contributed by atoms with Gasteiger partial charge in [-0.1, -0.05) is 0 Å². The van der Waals surface area contributed by atoms with Crippen LogP contribution in [-0.4, -0.2) is 27.2 Å². The average molecular weight is 320 g/mol. The molecule has 0 aliphatic rings. The average Bonchev–Trinajstić information content (AvgIpc) is 2.46. The molecule has 2 rings (SSSR count). The maximum Gasteiger partial charge on any atom is 0.339 e. The van der Waals surface area contributed by atoms with Gasteiger partial charge >= 0.3 is 5.97 Å². The van der Waals surface area contributed by atoms with Crippen LogP contribution in [0.5, 0.6) is 11.5 Å². The largest absolute Gasteiger partial charge is 0.507 e. The number of amides is 1. The Morgan fingerprint density at radius 1 is 0.870 bits per heavy atom. The summed E-state index contributed by atoms with van der Waals surface area (Å²) in [5.74, 6) is 2.67. The lowest BCUT2D eigenvalue weighted by atomic mass is 10.2. The van der Waals surface area contributed by atoms with Crippen LogP contribution in [0.3, 0.4) is 0 Å². The highest BCUT2D eigenvalue weighted by Gasteiger charge is 2.09. The second kappa shape index (κ2) is 7.52. The fourth-order valence-corrected chi connectivity index (χ4v) is 1.55. The zero-order valence-corrected chi connectivity index (χ0v) is 11.9. The van der Waals surface area contributed by atoms with Crippen LogP contribution < -0.4 is 22.7 Å². The number of phenolic OH excluding ortho intramolecular Hbond substituents is 1. The predicted octanol–water partition coefficient (Wildman–Crippen LogP) is 0.251. The Bertz CT molecular complexity index is 733. The van der Waals surface area contributed by atoms with Gasteiger partial charge < -0.3 is 26.8 Å². The summed E-state index contributed by atoms with van der Waals surface area (Å²) in [7, 11) is 0.